The molecule has 0 fully saturated rings. The van der Waals surface area contributed by atoms with Crippen LogP contribution in [0.2, 0.25) is 0 Å². The van der Waals surface area contributed by atoms with E-state index in [2.05, 4.69) is 24.4 Å². The third-order valence-corrected chi connectivity index (χ3v) is 3.53. The van der Waals surface area contributed by atoms with Gasteiger partial charge in [-0.15, -0.1) is 0 Å². The number of aryl methyl sites for hydroxylation is 1. The van der Waals surface area contributed by atoms with Gasteiger partial charge >= 0.3 is 0 Å². The van der Waals surface area contributed by atoms with E-state index >= 15 is 0 Å². The van der Waals surface area contributed by atoms with E-state index in [-0.39, 0.29) is 0 Å². The summed E-state index contributed by atoms with van der Waals surface area (Å²) in [6, 6.07) is 12.1. The molecule has 2 rings (SSSR count). The molecule has 0 heterocycles. The van der Waals surface area contributed by atoms with E-state index in [0.717, 1.165) is 41.5 Å². The first-order valence-corrected chi connectivity index (χ1v) is 7.22. The topological polar surface area (TPSA) is 39.7 Å². The van der Waals surface area contributed by atoms with Crippen LogP contribution in [0.1, 0.15) is 16.7 Å². The molecule has 0 aromatic heterocycles. The molecule has 0 bridgehead atoms. The largest absolute Gasteiger partial charge is 0.497 e. The van der Waals surface area contributed by atoms with Crippen LogP contribution in [0.25, 0.3) is 0 Å². The van der Waals surface area contributed by atoms with Crippen molar-refractivity contribution >= 4 is 0 Å². The van der Waals surface area contributed by atoms with Gasteiger partial charge in [-0.25, -0.2) is 0 Å². The molecule has 118 valence electrons. The summed E-state index contributed by atoms with van der Waals surface area (Å²) in [7, 11) is 5.01. The van der Waals surface area contributed by atoms with E-state index in [0.29, 0.717) is 0 Å². The van der Waals surface area contributed by atoms with Crippen LogP contribution < -0.4 is 19.5 Å². The van der Waals surface area contributed by atoms with Gasteiger partial charge in [-0.05, 0) is 41.8 Å². The predicted molar refractivity (Wildman–Crippen MR) is 87.8 cm³/mol. The second kappa shape index (κ2) is 7.71. The maximum atomic E-state index is 5.28. The normalized spacial score (nSPS) is 10.4. The molecular weight excluding hydrogens is 278 g/mol. The molecule has 0 atom stereocenters. The lowest BCUT2D eigenvalue weighted by Gasteiger charge is -2.11. The van der Waals surface area contributed by atoms with E-state index in [4.69, 9.17) is 14.2 Å². The number of nitrogens with one attached hydrogen (secondary N) is 1. The fraction of sp³-hybridized carbons (Fsp3) is 0.333. The van der Waals surface area contributed by atoms with Gasteiger partial charge in [0.05, 0.1) is 21.3 Å². The van der Waals surface area contributed by atoms with Crippen molar-refractivity contribution in [1.82, 2.24) is 5.32 Å². The summed E-state index contributed by atoms with van der Waals surface area (Å²) < 4.78 is 15.8. The van der Waals surface area contributed by atoms with Gasteiger partial charge in [-0.3, -0.25) is 0 Å². The molecule has 0 amide bonds. The molecule has 2 aromatic rings. The third kappa shape index (κ3) is 4.15. The maximum absolute atomic E-state index is 5.28. The monoisotopic (exact) mass is 301 g/mol. The Kier molecular flexibility index (Phi) is 5.67. The molecule has 2 aromatic carbocycles. The highest BCUT2D eigenvalue weighted by Gasteiger charge is 2.03. The van der Waals surface area contributed by atoms with Crippen molar-refractivity contribution in [2.24, 2.45) is 0 Å². The first kappa shape index (κ1) is 16.2. The second-order valence-corrected chi connectivity index (χ2v) is 5.13. The summed E-state index contributed by atoms with van der Waals surface area (Å²) in [5.74, 6) is 2.52. The Bertz CT molecular complexity index is 603. The molecule has 0 spiro atoms. The van der Waals surface area contributed by atoms with E-state index in [9.17, 15) is 0 Å². The molecular formula is C18H23NO3. The molecule has 0 saturated heterocycles. The SMILES string of the molecule is COc1cc(CNCc2ccc(OC)c(C)c2)cc(OC)c1. The zero-order valence-corrected chi connectivity index (χ0v) is 13.6. The molecule has 4 nitrogen and oxygen atoms in total. The first-order chi connectivity index (χ1) is 10.7. The lowest BCUT2D eigenvalue weighted by Crippen LogP contribution is -2.13. The highest BCUT2D eigenvalue weighted by molar-refractivity contribution is 5.39. The lowest BCUT2D eigenvalue weighted by atomic mass is 10.1. The third-order valence-electron chi connectivity index (χ3n) is 3.53. The summed E-state index contributed by atoms with van der Waals surface area (Å²) in [6.45, 7) is 3.60. The van der Waals surface area contributed by atoms with Gasteiger partial charge in [0.2, 0.25) is 0 Å². The highest BCUT2D eigenvalue weighted by Crippen LogP contribution is 2.22. The van der Waals surface area contributed by atoms with Crippen LogP contribution in [0.5, 0.6) is 17.2 Å². The fourth-order valence-electron chi connectivity index (χ4n) is 2.37. The smallest absolute Gasteiger partial charge is 0.122 e. The van der Waals surface area contributed by atoms with E-state index in [1.54, 1.807) is 21.3 Å². The predicted octanol–water partition coefficient (Wildman–Crippen LogP) is 3.31. The molecule has 0 saturated carbocycles. The van der Waals surface area contributed by atoms with E-state index in [1.165, 1.54) is 5.56 Å². The van der Waals surface area contributed by atoms with Crippen molar-refractivity contribution in [2.75, 3.05) is 21.3 Å². The lowest BCUT2D eigenvalue weighted by molar-refractivity contribution is 0.393. The van der Waals surface area contributed by atoms with Gasteiger partial charge in [0, 0.05) is 19.2 Å². The van der Waals surface area contributed by atoms with Crippen LogP contribution in [-0.4, -0.2) is 21.3 Å². The van der Waals surface area contributed by atoms with E-state index in [1.807, 2.05) is 24.3 Å². The van der Waals surface area contributed by atoms with Crippen molar-refractivity contribution in [2.45, 2.75) is 20.0 Å². The van der Waals surface area contributed by atoms with Gasteiger partial charge in [-0.1, -0.05) is 12.1 Å². The summed E-state index contributed by atoms with van der Waals surface area (Å²) in [5, 5.41) is 3.43. The summed E-state index contributed by atoms with van der Waals surface area (Å²) >= 11 is 0. The van der Waals surface area contributed by atoms with Gasteiger partial charge in [-0.2, -0.15) is 0 Å². The van der Waals surface area contributed by atoms with Gasteiger partial charge in [0.15, 0.2) is 0 Å². The van der Waals surface area contributed by atoms with Crippen molar-refractivity contribution in [3.63, 3.8) is 0 Å². The minimum atomic E-state index is 0.749. The van der Waals surface area contributed by atoms with Gasteiger partial charge < -0.3 is 19.5 Å². The van der Waals surface area contributed by atoms with Crippen LogP contribution in [-0.2, 0) is 13.1 Å². The van der Waals surface area contributed by atoms with Crippen LogP contribution in [0.4, 0.5) is 0 Å². The minimum Gasteiger partial charge on any atom is -0.497 e. The minimum absolute atomic E-state index is 0.749. The molecule has 0 aliphatic carbocycles. The van der Waals surface area contributed by atoms with Crippen LogP contribution in [0.3, 0.4) is 0 Å². The average Bonchev–Trinajstić information content (AvgIpc) is 2.54. The first-order valence-electron chi connectivity index (χ1n) is 7.22. The molecule has 0 unspecified atom stereocenters. The Morgan fingerprint density at radius 1 is 0.773 bits per heavy atom. The molecule has 0 radical (unpaired) electrons. The maximum Gasteiger partial charge on any atom is 0.122 e. The molecule has 0 aliphatic heterocycles. The Hall–Kier alpha value is -2.20. The summed E-state index contributed by atoms with van der Waals surface area (Å²) in [5.41, 5.74) is 3.50. The zero-order chi connectivity index (χ0) is 15.9. The highest BCUT2D eigenvalue weighted by atomic mass is 16.5. The fourth-order valence-corrected chi connectivity index (χ4v) is 2.37. The van der Waals surface area contributed by atoms with Crippen LogP contribution in [0.15, 0.2) is 36.4 Å². The molecule has 0 aliphatic rings. The second-order valence-electron chi connectivity index (χ2n) is 5.13. The molecule has 4 heteroatoms. The quantitative estimate of drug-likeness (QED) is 0.851. The van der Waals surface area contributed by atoms with Gasteiger partial charge in [0.1, 0.15) is 17.2 Å². The molecule has 22 heavy (non-hydrogen) atoms. The summed E-state index contributed by atoms with van der Waals surface area (Å²) in [4.78, 5) is 0. The van der Waals surface area contributed by atoms with Crippen molar-refractivity contribution < 1.29 is 14.2 Å². The average molecular weight is 301 g/mol. The van der Waals surface area contributed by atoms with Gasteiger partial charge in [0.25, 0.3) is 0 Å². The van der Waals surface area contributed by atoms with Crippen molar-refractivity contribution in [1.29, 1.82) is 0 Å². The Balaban J connectivity index is 1.97. The number of hydrogen-bond donors (Lipinski definition) is 1. The number of ether oxygens (including phenoxy) is 3. The van der Waals surface area contributed by atoms with Crippen LogP contribution in [0, 0.1) is 6.92 Å². The zero-order valence-electron chi connectivity index (χ0n) is 13.6. The van der Waals surface area contributed by atoms with E-state index < -0.39 is 0 Å². The Morgan fingerprint density at radius 2 is 1.41 bits per heavy atom. The van der Waals surface area contributed by atoms with Crippen molar-refractivity contribution in [3.05, 3.63) is 53.1 Å². The van der Waals surface area contributed by atoms with Crippen molar-refractivity contribution in [3.8, 4) is 17.2 Å². The Morgan fingerprint density at radius 3 is 1.95 bits per heavy atom. The summed E-state index contributed by atoms with van der Waals surface area (Å²) in [6.07, 6.45) is 0. The number of hydrogen-bond acceptors (Lipinski definition) is 4. The number of methoxy groups -OCH3 is 3. The molecule has 1 N–H and O–H groups in total. The number of rotatable bonds is 7. The number of benzene rings is 2. The van der Waals surface area contributed by atoms with Crippen LogP contribution >= 0.6 is 0 Å². The Labute approximate surface area is 132 Å². The standard InChI is InChI=1S/C18H23NO3/c1-13-7-14(5-6-18(13)22-4)11-19-12-15-8-16(20-2)10-17(9-15)21-3/h5-10,19H,11-12H2,1-4H3.